The molecule has 33 heavy (non-hydrogen) atoms. The van der Waals surface area contributed by atoms with Crippen LogP contribution in [-0.2, 0) is 13.5 Å². The minimum absolute atomic E-state index is 0.00785. The van der Waals surface area contributed by atoms with E-state index in [4.69, 9.17) is 0 Å². The molecule has 0 spiro atoms. The number of ketones is 1. The van der Waals surface area contributed by atoms with Crippen LogP contribution in [-0.4, -0.2) is 56.7 Å². The maximum atomic E-state index is 13.0. The fraction of sp³-hybridized carbons (Fsp3) is 0.320. The van der Waals surface area contributed by atoms with Crippen molar-refractivity contribution in [3.63, 3.8) is 0 Å². The maximum Gasteiger partial charge on any atom is 0.170 e. The van der Waals surface area contributed by atoms with E-state index in [0.717, 1.165) is 53.8 Å². The van der Waals surface area contributed by atoms with E-state index in [1.54, 1.807) is 23.1 Å². The third kappa shape index (κ3) is 4.61. The van der Waals surface area contributed by atoms with Crippen LogP contribution < -0.4 is 10.2 Å². The van der Waals surface area contributed by atoms with Gasteiger partial charge in [-0.3, -0.25) is 9.48 Å². The molecule has 0 atom stereocenters. The molecule has 1 aromatic carbocycles. The molecule has 1 fully saturated rings. The summed E-state index contributed by atoms with van der Waals surface area (Å²) in [7, 11) is 3.90. The summed E-state index contributed by atoms with van der Waals surface area (Å²) in [5, 5.41) is 8.52. The SMILES string of the molecule is CNC1CCN(c2cc(C(=O)Cc3ncc4ccc(-c5cnn(C)c5)cc4n3)ccn2)CC1. The number of aryl methyl sites for hydroxylation is 1. The van der Waals surface area contributed by atoms with Crippen molar-refractivity contribution in [3.05, 3.63) is 66.5 Å². The lowest BCUT2D eigenvalue weighted by molar-refractivity contribution is 0.0991. The van der Waals surface area contributed by atoms with Crippen molar-refractivity contribution in [2.45, 2.75) is 25.3 Å². The lowest BCUT2D eigenvalue weighted by Crippen LogP contribution is -2.41. The number of anilines is 1. The molecule has 5 rings (SSSR count). The predicted octanol–water partition coefficient (Wildman–Crippen LogP) is 3.04. The predicted molar refractivity (Wildman–Crippen MR) is 128 cm³/mol. The van der Waals surface area contributed by atoms with Gasteiger partial charge in [-0.1, -0.05) is 12.1 Å². The summed E-state index contributed by atoms with van der Waals surface area (Å²) in [6, 6.07) is 10.3. The molecule has 1 aliphatic rings. The Morgan fingerprint density at radius 3 is 2.70 bits per heavy atom. The van der Waals surface area contributed by atoms with Gasteiger partial charge in [-0.25, -0.2) is 15.0 Å². The average molecular weight is 442 g/mol. The number of benzene rings is 1. The van der Waals surface area contributed by atoms with Crippen LogP contribution >= 0.6 is 0 Å². The average Bonchev–Trinajstić information content (AvgIpc) is 3.30. The number of fused-ring (bicyclic) bond motifs is 1. The minimum atomic E-state index is -0.00785. The smallest absolute Gasteiger partial charge is 0.170 e. The van der Waals surface area contributed by atoms with E-state index in [9.17, 15) is 4.79 Å². The van der Waals surface area contributed by atoms with Crippen molar-refractivity contribution >= 4 is 22.5 Å². The van der Waals surface area contributed by atoms with Crippen LogP contribution in [0.25, 0.3) is 22.0 Å². The van der Waals surface area contributed by atoms with Crippen molar-refractivity contribution in [2.75, 3.05) is 25.0 Å². The zero-order chi connectivity index (χ0) is 22.8. The number of Topliss-reactive ketones (excluding diaryl/α,β-unsaturated/α-hetero) is 1. The molecule has 168 valence electrons. The Hall–Kier alpha value is -3.65. The summed E-state index contributed by atoms with van der Waals surface area (Å²) in [6.07, 6.45) is 9.59. The van der Waals surface area contributed by atoms with E-state index in [2.05, 4.69) is 30.3 Å². The maximum absolute atomic E-state index is 13.0. The van der Waals surface area contributed by atoms with E-state index in [-0.39, 0.29) is 12.2 Å². The molecular weight excluding hydrogens is 414 g/mol. The summed E-state index contributed by atoms with van der Waals surface area (Å²) in [5.41, 5.74) is 3.52. The molecule has 8 nitrogen and oxygen atoms in total. The van der Waals surface area contributed by atoms with Gasteiger partial charge in [-0.2, -0.15) is 5.10 Å². The molecule has 0 unspecified atom stereocenters. The molecular formula is C25H27N7O. The van der Waals surface area contributed by atoms with Crippen LogP contribution in [0.4, 0.5) is 5.82 Å². The van der Waals surface area contributed by atoms with Crippen LogP contribution in [0.15, 0.2) is 55.1 Å². The Bertz CT molecular complexity index is 1290. The van der Waals surface area contributed by atoms with E-state index < -0.39 is 0 Å². The number of piperidine rings is 1. The molecule has 1 aliphatic heterocycles. The molecule has 0 radical (unpaired) electrons. The van der Waals surface area contributed by atoms with E-state index in [1.807, 2.05) is 50.8 Å². The monoisotopic (exact) mass is 441 g/mol. The Kier molecular flexibility index (Phi) is 5.83. The number of carbonyl (C=O) groups excluding carboxylic acids is 1. The largest absolute Gasteiger partial charge is 0.356 e. The van der Waals surface area contributed by atoms with Gasteiger partial charge in [-0.15, -0.1) is 0 Å². The van der Waals surface area contributed by atoms with Gasteiger partial charge in [0, 0.05) is 61.3 Å². The van der Waals surface area contributed by atoms with Crippen molar-refractivity contribution < 1.29 is 4.79 Å². The first-order valence-electron chi connectivity index (χ1n) is 11.3. The van der Waals surface area contributed by atoms with Crippen LogP contribution in [0.1, 0.15) is 29.0 Å². The van der Waals surface area contributed by atoms with Gasteiger partial charge in [0.25, 0.3) is 0 Å². The van der Waals surface area contributed by atoms with E-state index >= 15 is 0 Å². The molecule has 0 saturated carbocycles. The van der Waals surface area contributed by atoms with Crippen LogP contribution in [0.3, 0.4) is 0 Å². The molecule has 0 aliphatic carbocycles. The van der Waals surface area contributed by atoms with Crippen molar-refractivity contribution in [2.24, 2.45) is 7.05 Å². The number of aromatic nitrogens is 5. The molecule has 4 aromatic rings. The molecule has 1 N–H and O–H groups in total. The fourth-order valence-electron chi connectivity index (χ4n) is 4.30. The highest BCUT2D eigenvalue weighted by atomic mass is 16.1. The van der Waals surface area contributed by atoms with Gasteiger partial charge >= 0.3 is 0 Å². The third-order valence-corrected chi connectivity index (χ3v) is 6.28. The van der Waals surface area contributed by atoms with Crippen LogP contribution in [0.2, 0.25) is 0 Å². The van der Waals surface area contributed by atoms with Crippen LogP contribution in [0.5, 0.6) is 0 Å². The van der Waals surface area contributed by atoms with Gasteiger partial charge in [0.2, 0.25) is 0 Å². The molecule has 3 aromatic heterocycles. The fourth-order valence-corrected chi connectivity index (χ4v) is 4.30. The lowest BCUT2D eigenvalue weighted by atomic mass is 10.0. The second-order valence-corrected chi connectivity index (χ2v) is 8.52. The van der Waals surface area contributed by atoms with Gasteiger partial charge < -0.3 is 10.2 Å². The summed E-state index contributed by atoms with van der Waals surface area (Å²) in [6.45, 7) is 1.87. The number of hydrogen-bond donors (Lipinski definition) is 1. The van der Waals surface area contributed by atoms with Crippen LogP contribution in [0, 0.1) is 0 Å². The number of pyridine rings is 1. The Labute approximate surface area is 192 Å². The topological polar surface area (TPSA) is 88.8 Å². The zero-order valence-electron chi connectivity index (χ0n) is 18.9. The highest BCUT2D eigenvalue weighted by Gasteiger charge is 2.20. The summed E-state index contributed by atoms with van der Waals surface area (Å²) in [5.74, 6) is 1.37. The molecule has 8 heteroatoms. The lowest BCUT2D eigenvalue weighted by Gasteiger charge is -2.32. The number of rotatable bonds is 6. The van der Waals surface area contributed by atoms with Gasteiger partial charge in [0.05, 0.1) is 18.1 Å². The normalized spacial score (nSPS) is 14.7. The third-order valence-electron chi connectivity index (χ3n) is 6.28. The molecule has 0 amide bonds. The minimum Gasteiger partial charge on any atom is -0.356 e. The first-order valence-corrected chi connectivity index (χ1v) is 11.3. The van der Waals surface area contributed by atoms with Gasteiger partial charge in [0.1, 0.15) is 11.6 Å². The summed E-state index contributed by atoms with van der Waals surface area (Å²) in [4.78, 5) is 28.9. The van der Waals surface area contributed by atoms with Crippen molar-refractivity contribution in [1.29, 1.82) is 0 Å². The summed E-state index contributed by atoms with van der Waals surface area (Å²) < 4.78 is 1.77. The second-order valence-electron chi connectivity index (χ2n) is 8.52. The first kappa shape index (κ1) is 21.2. The number of nitrogens with zero attached hydrogens (tertiary/aromatic N) is 6. The molecule has 1 saturated heterocycles. The van der Waals surface area contributed by atoms with E-state index in [0.29, 0.717) is 17.4 Å². The number of nitrogens with one attached hydrogen (secondary N) is 1. The quantitative estimate of drug-likeness (QED) is 0.460. The van der Waals surface area contributed by atoms with E-state index in [1.165, 1.54) is 0 Å². The second kappa shape index (κ2) is 9.07. The standard InChI is InChI=1S/C25H27N7O/c1-26-21-6-9-32(10-7-21)25-12-18(5-8-27-25)23(33)13-24-28-14-19-4-3-17(11-22(19)30-24)20-15-29-31(2)16-20/h3-5,8,11-12,14-16,21,26H,6-7,9-10,13H2,1-2H3. The van der Waals surface area contributed by atoms with Gasteiger partial charge in [0.15, 0.2) is 5.78 Å². The summed E-state index contributed by atoms with van der Waals surface area (Å²) >= 11 is 0. The zero-order valence-corrected chi connectivity index (χ0v) is 18.9. The Morgan fingerprint density at radius 1 is 1.09 bits per heavy atom. The highest BCUT2D eigenvalue weighted by molar-refractivity contribution is 5.98. The van der Waals surface area contributed by atoms with Crippen molar-refractivity contribution in [1.82, 2.24) is 30.0 Å². The van der Waals surface area contributed by atoms with Crippen molar-refractivity contribution in [3.8, 4) is 11.1 Å². The molecule has 4 heterocycles. The number of carbonyl (C=O) groups is 1. The van der Waals surface area contributed by atoms with Gasteiger partial charge in [-0.05, 0) is 43.7 Å². The Morgan fingerprint density at radius 2 is 1.94 bits per heavy atom. The Balaban J connectivity index is 1.33. The first-order chi connectivity index (χ1) is 16.1. The molecule has 0 bridgehead atoms. The highest BCUT2D eigenvalue weighted by Crippen LogP contribution is 2.23. The number of hydrogen-bond acceptors (Lipinski definition) is 7.